The van der Waals surface area contributed by atoms with Gasteiger partial charge in [0.1, 0.15) is 5.82 Å². The molecular formula is C25H19ClN4O2S. The Balaban J connectivity index is 1.65. The standard InChI is InChI=1S/C25H19ClN4O2S/c1-15-6-5-7-17(12-15)30-24(32)19-11-10-16(26)13-21(19)28-25(30)33-14-22-27-20-9-4-3-8-18(20)23(31)29(22)2/h3-13H,14H2,1-2H3. The van der Waals surface area contributed by atoms with Gasteiger partial charge in [0, 0.05) is 12.1 Å². The van der Waals surface area contributed by atoms with Crippen molar-refractivity contribution in [2.24, 2.45) is 7.05 Å². The van der Waals surface area contributed by atoms with Gasteiger partial charge >= 0.3 is 0 Å². The van der Waals surface area contributed by atoms with Crippen molar-refractivity contribution in [2.75, 3.05) is 0 Å². The van der Waals surface area contributed by atoms with Crippen LogP contribution in [0.25, 0.3) is 27.5 Å². The Labute approximate surface area is 198 Å². The summed E-state index contributed by atoms with van der Waals surface area (Å²) < 4.78 is 3.15. The van der Waals surface area contributed by atoms with Gasteiger partial charge in [-0.05, 0) is 55.0 Å². The zero-order valence-corrected chi connectivity index (χ0v) is 19.5. The Morgan fingerprint density at radius 1 is 0.879 bits per heavy atom. The summed E-state index contributed by atoms with van der Waals surface area (Å²) in [5, 5.41) is 2.07. The number of hydrogen-bond donors (Lipinski definition) is 0. The molecule has 0 saturated heterocycles. The molecule has 0 saturated carbocycles. The molecule has 164 valence electrons. The summed E-state index contributed by atoms with van der Waals surface area (Å²) in [5.74, 6) is 0.959. The number of halogens is 1. The maximum Gasteiger partial charge on any atom is 0.266 e. The van der Waals surface area contributed by atoms with Crippen LogP contribution in [0.4, 0.5) is 0 Å². The van der Waals surface area contributed by atoms with Crippen molar-refractivity contribution >= 4 is 45.2 Å². The molecule has 0 aliphatic rings. The predicted molar refractivity (Wildman–Crippen MR) is 134 cm³/mol. The highest BCUT2D eigenvalue weighted by atomic mass is 35.5. The molecule has 0 aliphatic heterocycles. The number of benzene rings is 3. The quantitative estimate of drug-likeness (QED) is 0.274. The van der Waals surface area contributed by atoms with Gasteiger partial charge in [0.2, 0.25) is 0 Å². The number of hydrogen-bond acceptors (Lipinski definition) is 5. The Morgan fingerprint density at radius 3 is 2.48 bits per heavy atom. The van der Waals surface area contributed by atoms with E-state index in [1.54, 1.807) is 40.4 Å². The maximum atomic E-state index is 13.5. The number of aryl methyl sites for hydroxylation is 1. The van der Waals surface area contributed by atoms with Gasteiger partial charge in [0.25, 0.3) is 11.1 Å². The largest absolute Gasteiger partial charge is 0.299 e. The van der Waals surface area contributed by atoms with Crippen molar-refractivity contribution in [2.45, 2.75) is 17.8 Å². The number of aromatic nitrogens is 4. The SMILES string of the molecule is Cc1cccc(-n2c(SCc3nc4ccccc4c(=O)n3C)nc3cc(Cl)ccc3c2=O)c1. The van der Waals surface area contributed by atoms with Crippen molar-refractivity contribution in [1.82, 2.24) is 19.1 Å². The summed E-state index contributed by atoms with van der Waals surface area (Å²) in [6, 6.07) is 20.1. The van der Waals surface area contributed by atoms with Crippen molar-refractivity contribution < 1.29 is 0 Å². The monoisotopic (exact) mass is 474 g/mol. The van der Waals surface area contributed by atoms with Crippen LogP contribution in [-0.2, 0) is 12.8 Å². The van der Waals surface area contributed by atoms with E-state index < -0.39 is 0 Å². The van der Waals surface area contributed by atoms with Crippen LogP contribution in [0.2, 0.25) is 5.02 Å². The molecule has 0 unspecified atom stereocenters. The molecule has 2 aromatic heterocycles. The van der Waals surface area contributed by atoms with Gasteiger partial charge in [-0.15, -0.1) is 0 Å². The molecule has 0 bridgehead atoms. The highest BCUT2D eigenvalue weighted by Crippen LogP contribution is 2.26. The third kappa shape index (κ3) is 3.94. The summed E-state index contributed by atoms with van der Waals surface area (Å²) in [4.78, 5) is 35.7. The van der Waals surface area contributed by atoms with Gasteiger partial charge in [-0.25, -0.2) is 9.97 Å². The Kier molecular flexibility index (Phi) is 5.52. The van der Waals surface area contributed by atoms with E-state index in [9.17, 15) is 9.59 Å². The number of para-hydroxylation sites is 1. The molecule has 3 aromatic carbocycles. The predicted octanol–water partition coefficient (Wildman–Crippen LogP) is 4.89. The van der Waals surface area contributed by atoms with Crippen molar-refractivity contribution in [3.8, 4) is 5.69 Å². The molecule has 33 heavy (non-hydrogen) atoms. The lowest BCUT2D eigenvalue weighted by molar-refractivity contribution is 0.779. The molecule has 0 aliphatic carbocycles. The van der Waals surface area contributed by atoms with Crippen LogP contribution in [0.15, 0.2) is 81.5 Å². The molecule has 0 spiro atoms. The summed E-state index contributed by atoms with van der Waals surface area (Å²) in [6.45, 7) is 1.98. The van der Waals surface area contributed by atoms with E-state index in [4.69, 9.17) is 16.6 Å². The van der Waals surface area contributed by atoms with Crippen molar-refractivity contribution in [3.05, 3.63) is 104 Å². The first-order valence-electron chi connectivity index (χ1n) is 10.3. The van der Waals surface area contributed by atoms with Crippen LogP contribution in [0.3, 0.4) is 0 Å². The lowest BCUT2D eigenvalue weighted by Gasteiger charge is -2.14. The second-order valence-electron chi connectivity index (χ2n) is 7.73. The normalized spacial score (nSPS) is 11.4. The third-order valence-corrected chi connectivity index (χ3v) is 6.64. The molecule has 5 rings (SSSR count). The molecule has 0 fully saturated rings. The molecule has 6 nitrogen and oxygen atoms in total. The first-order chi connectivity index (χ1) is 15.9. The fourth-order valence-corrected chi connectivity index (χ4v) is 4.92. The average Bonchev–Trinajstić information content (AvgIpc) is 2.80. The van der Waals surface area contributed by atoms with E-state index in [-0.39, 0.29) is 11.1 Å². The Bertz CT molecular complexity index is 1660. The second kappa shape index (κ2) is 8.50. The van der Waals surface area contributed by atoms with E-state index in [2.05, 4.69) is 4.98 Å². The van der Waals surface area contributed by atoms with Gasteiger partial charge in [-0.1, -0.05) is 47.6 Å². The minimum Gasteiger partial charge on any atom is -0.299 e. The van der Waals surface area contributed by atoms with E-state index in [0.717, 1.165) is 11.3 Å². The minimum absolute atomic E-state index is 0.106. The van der Waals surface area contributed by atoms with Crippen LogP contribution in [0.1, 0.15) is 11.4 Å². The molecule has 8 heteroatoms. The second-order valence-corrected chi connectivity index (χ2v) is 9.11. The van der Waals surface area contributed by atoms with E-state index in [1.165, 1.54) is 11.8 Å². The molecular weight excluding hydrogens is 456 g/mol. The number of thioether (sulfide) groups is 1. The van der Waals surface area contributed by atoms with Crippen LogP contribution in [-0.4, -0.2) is 19.1 Å². The number of nitrogens with zero attached hydrogens (tertiary/aromatic N) is 4. The average molecular weight is 475 g/mol. The van der Waals surface area contributed by atoms with Gasteiger partial charge in [-0.3, -0.25) is 18.7 Å². The summed E-state index contributed by atoms with van der Waals surface area (Å²) in [5.41, 5.74) is 2.65. The topological polar surface area (TPSA) is 69.8 Å². The molecule has 5 aromatic rings. The van der Waals surface area contributed by atoms with E-state index in [1.807, 2.05) is 49.4 Å². The smallest absolute Gasteiger partial charge is 0.266 e. The summed E-state index contributed by atoms with van der Waals surface area (Å²) in [7, 11) is 1.71. The van der Waals surface area contributed by atoms with Gasteiger partial charge < -0.3 is 0 Å². The molecule has 2 heterocycles. The maximum absolute atomic E-state index is 13.5. The first-order valence-corrected chi connectivity index (χ1v) is 11.7. The van der Waals surface area contributed by atoms with Crippen LogP contribution >= 0.6 is 23.4 Å². The molecule has 0 N–H and O–H groups in total. The third-order valence-electron chi connectivity index (χ3n) is 5.47. The fourth-order valence-electron chi connectivity index (χ4n) is 3.75. The summed E-state index contributed by atoms with van der Waals surface area (Å²) >= 11 is 7.52. The molecule has 0 amide bonds. The van der Waals surface area contributed by atoms with Crippen LogP contribution in [0.5, 0.6) is 0 Å². The first kappa shape index (κ1) is 21.4. The zero-order valence-electron chi connectivity index (χ0n) is 17.9. The van der Waals surface area contributed by atoms with E-state index >= 15 is 0 Å². The van der Waals surface area contributed by atoms with Crippen LogP contribution < -0.4 is 11.1 Å². The zero-order chi connectivity index (χ0) is 23.1. The van der Waals surface area contributed by atoms with Gasteiger partial charge in [-0.2, -0.15) is 0 Å². The van der Waals surface area contributed by atoms with Crippen molar-refractivity contribution in [3.63, 3.8) is 0 Å². The molecule has 0 atom stereocenters. The number of rotatable bonds is 4. The fraction of sp³-hybridized carbons (Fsp3) is 0.120. The van der Waals surface area contributed by atoms with Crippen molar-refractivity contribution in [1.29, 1.82) is 0 Å². The highest BCUT2D eigenvalue weighted by Gasteiger charge is 2.16. The minimum atomic E-state index is -0.176. The lowest BCUT2D eigenvalue weighted by atomic mass is 10.2. The highest BCUT2D eigenvalue weighted by molar-refractivity contribution is 7.98. The lowest BCUT2D eigenvalue weighted by Crippen LogP contribution is -2.23. The van der Waals surface area contributed by atoms with Gasteiger partial charge in [0.15, 0.2) is 5.16 Å². The Morgan fingerprint density at radius 2 is 1.67 bits per heavy atom. The molecule has 0 radical (unpaired) electrons. The Hall–Kier alpha value is -3.42. The van der Waals surface area contributed by atoms with Gasteiger partial charge in [0.05, 0.1) is 33.2 Å². The van der Waals surface area contributed by atoms with E-state index in [0.29, 0.717) is 43.6 Å². The number of fused-ring (bicyclic) bond motifs is 2. The van der Waals surface area contributed by atoms with Crippen LogP contribution in [0, 0.1) is 6.92 Å². The summed E-state index contributed by atoms with van der Waals surface area (Å²) in [6.07, 6.45) is 0.